The molecule has 0 bridgehead atoms. The Balaban J connectivity index is 3.18. The Morgan fingerprint density at radius 3 is 1.71 bits per heavy atom. The van der Waals surface area contributed by atoms with Gasteiger partial charge in [0.2, 0.25) is 35.4 Å². The maximum absolute atomic E-state index is 13.2. The van der Waals surface area contributed by atoms with Crippen LogP contribution in [0.3, 0.4) is 0 Å². The van der Waals surface area contributed by atoms with E-state index in [4.69, 9.17) is 22.9 Å². The second-order valence-electron chi connectivity index (χ2n) is 8.34. The van der Waals surface area contributed by atoms with E-state index in [9.17, 15) is 43.8 Å². The summed E-state index contributed by atoms with van der Waals surface area (Å²) in [6.45, 7) is 0. The third kappa shape index (κ3) is 11.3. The lowest BCUT2D eigenvalue weighted by Gasteiger charge is -2.25. The largest absolute Gasteiger partial charge is 0.508 e. The van der Waals surface area contributed by atoms with Gasteiger partial charge in [-0.15, -0.1) is 0 Å². The van der Waals surface area contributed by atoms with Crippen LogP contribution < -0.4 is 38.9 Å². The number of nitrogens with one attached hydrogen (secondary N) is 3. The Kier molecular flexibility index (Phi) is 12.1. The lowest BCUT2D eigenvalue weighted by molar-refractivity contribution is -0.144. The minimum Gasteiger partial charge on any atom is -0.508 e. The van der Waals surface area contributed by atoms with Crippen LogP contribution in [0.1, 0.15) is 31.2 Å². The van der Waals surface area contributed by atoms with Crippen molar-refractivity contribution in [2.45, 2.75) is 56.3 Å². The number of hydrogen-bond donors (Lipinski definition) is 9. The maximum Gasteiger partial charge on any atom is 0.326 e. The Hall–Kier alpha value is -4.73. The van der Waals surface area contributed by atoms with Crippen molar-refractivity contribution in [3.05, 3.63) is 29.8 Å². The molecule has 0 heterocycles. The molecule has 0 saturated heterocycles. The van der Waals surface area contributed by atoms with E-state index in [2.05, 4.69) is 16.0 Å². The highest BCUT2D eigenvalue weighted by Gasteiger charge is 2.31. The first-order valence-electron chi connectivity index (χ1n) is 11.2. The molecule has 16 heteroatoms. The van der Waals surface area contributed by atoms with Gasteiger partial charge in [-0.2, -0.15) is 0 Å². The van der Waals surface area contributed by atoms with Gasteiger partial charge in [0.1, 0.15) is 23.9 Å². The van der Waals surface area contributed by atoms with Crippen molar-refractivity contribution in [2.24, 2.45) is 22.9 Å². The van der Waals surface area contributed by atoms with Gasteiger partial charge in [0.05, 0.1) is 18.9 Å². The fourth-order valence-corrected chi connectivity index (χ4v) is 3.17. The summed E-state index contributed by atoms with van der Waals surface area (Å²) >= 11 is 0. The number of hydrogen-bond acceptors (Lipinski definition) is 9. The molecule has 4 atom stereocenters. The molecular formula is C22H31N7O9. The Morgan fingerprint density at radius 2 is 1.21 bits per heavy atom. The number of carboxylic acid groups (broad SMARTS) is 1. The predicted octanol–water partition coefficient (Wildman–Crippen LogP) is -4.18. The smallest absolute Gasteiger partial charge is 0.326 e. The van der Waals surface area contributed by atoms with Crippen LogP contribution in [0.25, 0.3) is 0 Å². The van der Waals surface area contributed by atoms with E-state index in [0.717, 1.165) is 0 Å². The van der Waals surface area contributed by atoms with Gasteiger partial charge in [0.15, 0.2) is 0 Å². The van der Waals surface area contributed by atoms with Crippen molar-refractivity contribution < 1.29 is 43.8 Å². The molecule has 1 aromatic carbocycles. The number of amides is 6. The molecule has 1 rings (SSSR count). The van der Waals surface area contributed by atoms with Crippen LogP contribution in [0.2, 0.25) is 0 Å². The Bertz CT molecular complexity index is 1060. The topological polar surface area (TPSA) is 300 Å². The molecule has 0 spiro atoms. The van der Waals surface area contributed by atoms with Gasteiger partial charge in [0, 0.05) is 12.8 Å². The van der Waals surface area contributed by atoms with Gasteiger partial charge in [0.25, 0.3) is 0 Å². The molecule has 38 heavy (non-hydrogen) atoms. The highest BCUT2D eigenvalue weighted by Crippen LogP contribution is 2.12. The number of rotatable bonds is 16. The zero-order chi connectivity index (χ0) is 29.0. The number of primary amides is 3. The number of aliphatic carboxylic acids is 1. The fraction of sp³-hybridized carbons (Fsp3) is 0.409. The summed E-state index contributed by atoms with van der Waals surface area (Å²) < 4.78 is 0. The number of phenols is 1. The van der Waals surface area contributed by atoms with Crippen LogP contribution in [0.4, 0.5) is 0 Å². The molecule has 4 unspecified atom stereocenters. The summed E-state index contributed by atoms with van der Waals surface area (Å²) in [6.07, 6.45) is -2.15. The Labute approximate surface area is 216 Å². The van der Waals surface area contributed by atoms with Crippen molar-refractivity contribution in [2.75, 3.05) is 0 Å². The quantitative estimate of drug-likeness (QED) is 0.0979. The van der Waals surface area contributed by atoms with E-state index < -0.39 is 78.4 Å². The molecule has 0 aliphatic rings. The number of benzene rings is 1. The highest BCUT2D eigenvalue weighted by atomic mass is 16.4. The van der Waals surface area contributed by atoms with E-state index in [1.54, 1.807) is 0 Å². The lowest BCUT2D eigenvalue weighted by atomic mass is 10.0. The monoisotopic (exact) mass is 537 g/mol. The standard InChI is InChI=1S/C22H31N7O9/c23-12(8-17(25)32)19(34)28-14(7-10-1-3-11(30)4-2-10)21(36)27-13(5-6-16(24)31)20(35)29-15(22(37)38)9-18(26)33/h1-4,12-15,30H,5-9,23H2,(H2,24,31)(H2,25,32)(H2,26,33)(H,27,36)(H,28,34)(H,29,35)(H,37,38). The molecule has 0 aromatic heterocycles. The molecule has 208 valence electrons. The van der Waals surface area contributed by atoms with Crippen LogP contribution in [0.15, 0.2) is 24.3 Å². The first-order chi connectivity index (χ1) is 17.7. The zero-order valence-electron chi connectivity index (χ0n) is 20.2. The molecule has 6 amide bonds. The minimum absolute atomic E-state index is 0.0607. The average molecular weight is 538 g/mol. The summed E-state index contributed by atoms with van der Waals surface area (Å²) in [7, 11) is 0. The number of aromatic hydroxyl groups is 1. The van der Waals surface area contributed by atoms with Crippen molar-refractivity contribution in [3.63, 3.8) is 0 Å². The van der Waals surface area contributed by atoms with Crippen LogP contribution in [0.5, 0.6) is 5.75 Å². The number of carbonyl (C=O) groups is 7. The fourth-order valence-electron chi connectivity index (χ4n) is 3.17. The van der Waals surface area contributed by atoms with E-state index in [1.807, 2.05) is 0 Å². The van der Waals surface area contributed by atoms with Gasteiger partial charge in [-0.1, -0.05) is 12.1 Å². The number of carbonyl (C=O) groups excluding carboxylic acids is 6. The second-order valence-corrected chi connectivity index (χ2v) is 8.34. The van der Waals surface area contributed by atoms with E-state index in [-0.39, 0.29) is 25.0 Å². The van der Waals surface area contributed by atoms with Gasteiger partial charge >= 0.3 is 5.97 Å². The second kappa shape index (κ2) is 14.7. The van der Waals surface area contributed by atoms with Crippen LogP contribution in [-0.4, -0.2) is 75.8 Å². The first-order valence-corrected chi connectivity index (χ1v) is 11.2. The van der Waals surface area contributed by atoms with Gasteiger partial charge in [-0.25, -0.2) is 4.79 Å². The first kappa shape index (κ1) is 31.3. The Morgan fingerprint density at radius 1 is 0.711 bits per heavy atom. The van der Waals surface area contributed by atoms with Gasteiger partial charge in [-0.05, 0) is 24.1 Å². The van der Waals surface area contributed by atoms with Crippen LogP contribution in [-0.2, 0) is 40.0 Å². The number of phenolic OH excluding ortho intramolecular Hbond substituents is 1. The highest BCUT2D eigenvalue weighted by molar-refractivity contribution is 5.96. The zero-order valence-corrected chi connectivity index (χ0v) is 20.2. The minimum atomic E-state index is -1.72. The van der Waals surface area contributed by atoms with Crippen molar-refractivity contribution in [1.29, 1.82) is 0 Å². The van der Waals surface area contributed by atoms with Crippen molar-refractivity contribution in [3.8, 4) is 5.75 Å². The molecule has 13 N–H and O–H groups in total. The summed E-state index contributed by atoms with van der Waals surface area (Å²) in [5.74, 6) is -7.24. The predicted molar refractivity (Wildman–Crippen MR) is 129 cm³/mol. The molecule has 0 radical (unpaired) electrons. The third-order valence-corrected chi connectivity index (χ3v) is 5.10. The third-order valence-electron chi connectivity index (χ3n) is 5.10. The number of carboxylic acids is 1. The molecule has 0 fully saturated rings. The average Bonchev–Trinajstić information content (AvgIpc) is 2.80. The maximum atomic E-state index is 13.2. The molecular weight excluding hydrogens is 506 g/mol. The van der Waals surface area contributed by atoms with E-state index >= 15 is 0 Å². The van der Waals surface area contributed by atoms with Gasteiger partial charge in [-0.3, -0.25) is 28.8 Å². The van der Waals surface area contributed by atoms with E-state index in [0.29, 0.717) is 5.56 Å². The summed E-state index contributed by atoms with van der Waals surface area (Å²) in [6, 6.07) is -0.404. The molecule has 16 nitrogen and oxygen atoms in total. The van der Waals surface area contributed by atoms with Crippen molar-refractivity contribution in [1.82, 2.24) is 16.0 Å². The molecule has 0 aliphatic carbocycles. The van der Waals surface area contributed by atoms with Crippen molar-refractivity contribution >= 4 is 41.4 Å². The normalized spacial score (nSPS) is 13.7. The molecule has 0 saturated carbocycles. The SMILES string of the molecule is NC(=O)CCC(NC(=O)C(Cc1ccc(O)cc1)NC(=O)C(N)CC(N)=O)C(=O)NC(CC(N)=O)C(=O)O. The van der Waals surface area contributed by atoms with Gasteiger partial charge < -0.3 is 49.1 Å². The summed E-state index contributed by atoms with van der Waals surface area (Å²) in [5, 5.41) is 25.5. The lowest BCUT2D eigenvalue weighted by Crippen LogP contribution is -2.58. The van der Waals surface area contributed by atoms with Crippen LogP contribution >= 0.6 is 0 Å². The van der Waals surface area contributed by atoms with Crippen LogP contribution in [0, 0.1) is 0 Å². The molecule has 1 aromatic rings. The summed E-state index contributed by atoms with van der Waals surface area (Å²) in [5.41, 5.74) is 21.3. The molecule has 0 aliphatic heterocycles. The van der Waals surface area contributed by atoms with E-state index in [1.165, 1.54) is 24.3 Å². The summed E-state index contributed by atoms with van der Waals surface area (Å²) in [4.78, 5) is 83.4. The number of nitrogens with two attached hydrogens (primary N) is 4.